The third-order valence-electron chi connectivity index (χ3n) is 3.42. The lowest BCUT2D eigenvalue weighted by Crippen LogP contribution is -2.39. The van der Waals surface area contributed by atoms with Gasteiger partial charge in [0.15, 0.2) is 5.96 Å². The van der Waals surface area contributed by atoms with Crippen molar-refractivity contribution in [3.8, 4) is 0 Å². The van der Waals surface area contributed by atoms with Crippen molar-refractivity contribution in [1.29, 1.82) is 0 Å². The average molecular weight is 402 g/mol. The Morgan fingerprint density at radius 3 is 2.81 bits per heavy atom. The lowest BCUT2D eigenvalue weighted by molar-refractivity contribution is -0.130. The van der Waals surface area contributed by atoms with Gasteiger partial charge in [0.05, 0.1) is 0 Å². The van der Waals surface area contributed by atoms with E-state index in [0.717, 1.165) is 25.9 Å². The summed E-state index contributed by atoms with van der Waals surface area (Å²) in [6.45, 7) is 4.38. The topological polar surface area (TPSA) is 70.7 Å². The number of hydrogen-bond donors (Lipinski definition) is 2. The molecule has 2 rings (SSSR count). The third kappa shape index (κ3) is 5.18. The van der Waals surface area contributed by atoms with Crippen LogP contribution in [0.2, 0.25) is 0 Å². The number of nitrogens with one attached hydrogen (secondary N) is 1. The van der Waals surface area contributed by atoms with E-state index < -0.39 is 0 Å². The Morgan fingerprint density at radius 1 is 1.38 bits per heavy atom. The van der Waals surface area contributed by atoms with E-state index in [2.05, 4.69) is 29.4 Å². The highest BCUT2D eigenvalue weighted by atomic mass is 127. The third-order valence-corrected chi connectivity index (χ3v) is 3.42. The highest BCUT2D eigenvalue weighted by molar-refractivity contribution is 14.0. The summed E-state index contributed by atoms with van der Waals surface area (Å²) in [4.78, 5) is 18.1. The summed E-state index contributed by atoms with van der Waals surface area (Å²) in [6, 6.07) is 8.26. The second-order valence-electron chi connectivity index (χ2n) is 4.96. The maximum absolute atomic E-state index is 12.1. The molecule has 6 heteroatoms. The Kier molecular flexibility index (Phi) is 7.49. The number of benzene rings is 1. The van der Waals surface area contributed by atoms with E-state index in [0.29, 0.717) is 12.5 Å². The number of aliphatic imine (C=N–C) groups is 1. The van der Waals surface area contributed by atoms with Crippen LogP contribution in [0.3, 0.4) is 0 Å². The largest absolute Gasteiger partial charge is 0.370 e. The van der Waals surface area contributed by atoms with Crippen LogP contribution in [-0.2, 0) is 17.8 Å². The Morgan fingerprint density at radius 2 is 2.10 bits per heavy atom. The maximum Gasteiger partial charge on any atom is 0.244 e. The van der Waals surface area contributed by atoms with E-state index in [1.807, 2.05) is 17.0 Å². The van der Waals surface area contributed by atoms with Gasteiger partial charge in [0.2, 0.25) is 5.91 Å². The fraction of sp³-hybridized carbons (Fsp3) is 0.467. The lowest BCUT2D eigenvalue weighted by atomic mass is 10.00. The molecule has 1 heterocycles. The molecule has 21 heavy (non-hydrogen) atoms. The van der Waals surface area contributed by atoms with E-state index in [-0.39, 0.29) is 36.4 Å². The molecule has 0 radical (unpaired) electrons. The first-order valence-corrected chi connectivity index (χ1v) is 7.09. The molecular formula is C15H23IN4O. The molecule has 1 aliphatic rings. The Balaban J connectivity index is 0.00000220. The first kappa shape index (κ1) is 17.7. The molecule has 116 valence electrons. The smallest absolute Gasteiger partial charge is 0.244 e. The maximum atomic E-state index is 12.1. The number of nitrogens with zero attached hydrogens (tertiary/aromatic N) is 2. The molecule has 0 saturated carbocycles. The number of carbonyl (C=O) groups is 1. The van der Waals surface area contributed by atoms with Gasteiger partial charge < -0.3 is 16.0 Å². The number of carbonyl (C=O) groups excluding carboxylic acids is 1. The standard InChI is InChI=1S/C15H22N4O.HI/c1-2-8-17-15(16)18-10-14(20)19-9-7-12-5-3-4-6-13(12)11-19;/h3-6H,2,7-11H2,1H3,(H3,16,17,18);1H. The van der Waals surface area contributed by atoms with E-state index in [4.69, 9.17) is 5.73 Å². The number of rotatable bonds is 4. The van der Waals surface area contributed by atoms with Crippen LogP contribution >= 0.6 is 24.0 Å². The Hall–Kier alpha value is -1.31. The van der Waals surface area contributed by atoms with Crippen LogP contribution in [0, 0.1) is 0 Å². The molecule has 1 aromatic rings. The van der Waals surface area contributed by atoms with Crippen LogP contribution in [-0.4, -0.2) is 36.4 Å². The van der Waals surface area contributed by atoms with Gasteiger partial charge in [-0.3, -0.25) is 4.79 Å². The van der Waals surface area contributed by atoms with Gasteiger partial charge in [-0.2, -0.15) is 0 Å². The predicted molar refractivity (Wildman–Crippen MR) is 95.8 cm³/mol. The van der Waals surface area contributed by atoms with Gasteiger partial charge in [-0.15, -0.1) is 24.0 Å². The van der Waals surface area contributed by atoms with Crippen molar-refractivity contribution in [3.05, 3.63) is 35.4 Å². The summed E-state index contributed by atoms with van der Waals surface area (Å²) >= 11 is 0. The van der Waals surface area contributed by atoms with E-state index in [1.54, 1.807) is 0 Å². The van der Waals surface area contributed by atoms with Gasteiger partial charge in [-0.25, -0.2) is 4.99 Å². The summed E-state index contributed by atoms with van der Waals surface area (Å²) in [5.74, 6) is 0.373. The van der Waals surface area contributed by atoms with Gasteiger partial charge in [0, 0.05) is 19.6 Å². The van der Waals surface area contributed by atoms with E-state index in [9.17, 15) is 4.79 Å². The zero-order valence-corrected chi connectivity index (χ0v) is 14.7. The quantitative estimate of drug-likeness (QED) is 0.456. The molecular weight excluding hydrogens is 379 g/mol. The Bertz CT molecular complexity index is 504. The lowest BCUT2D eigenvalue weighted by Gasteiger charge is -2.28. The first-order chi connectivity index (χ1) is 9.70. The number of hydrogen-bond acceptors (Lipinski definition) is 2. The summed E-state index contributed by atoms with van der Waals surface area (Å²) in [7, 11) is 0. The van der Waals surface area contributed by atoms with Crippen molar-refractivity contribution in [2.24, 2.45) is 10.7 Å². The molecule has 1 aromatic carbocycles. The van der Waals surface area contributed by atoms with Crippen molar-refractivity contribution in [2.75, 3.05) is 19.6 Å². The molecule has 0 unspecified atom stereocenters. The number of guanidine groups is 1. The predicted octanol–water partition coefficient (Wildman–Crippen LogP) is 1.50. The van der Waals surface area contributed by atoms with Crippen LogP contribution in [0.4, 0.5) is 0 Å². The molecule has 1 aliphatic heterocycles. The SMILES string of the molecule is CCCNC(N)=NCC(=O)N1CCc2ccccc2C1.I. The normalized spacial score (nSPS) is 14.1. The van der Waals surface area contributed by atoms with Gasteiger partial charge in [-0.05, 0) is 24.0 Å². The molecule has 5 nitrogen and oxygen atoms in total. The minimum absolute atomic E-state index is 0. The summed E-state index contributed by atoms with van der Waals surface area (Å²) in [5, 5.41) is 2.96. The zero-order valence-electron chi connectivity index (χ0n) is 12.3. The molecule has 0 aromatic heterocycles. The average Bonchev–Trinajstić information content (AvgIpc) is 2.50. The fourth-order valence-electron chi connectivity index (χ4n) is 2.27. The van der Waals surface area contributed by atoms with Crippen LogP contribution in [0.1, 0.15) is 24.5 Å². The fourth-order valence-corrected chi connectivity index (χ4v) is 2.27. The van der Waals surface area contributed by atoms with E-state index >= 15 is 0 Å². The van der Waals surface area contributed by atoms with Gasteiger partial charge in [0.1, 0.15) is 6.54 Å². The molecule has 0 bridgehead atoms. The van der Waals surface area contributed by atoms with E-state index in [1.165, 1.54) is 11.1 Å². The number of fused-ring (bicyclic) bond motifs is 1. The van der Waals surface area contributed by atoms with Gasteiger partial charge in [-0.1, -0.05) is 31.2 Å². The highest BCUT2D eigenvalue weighted by Crippen LogP contribution is 2.18. The second-order valence-corrected chi connectivity index (χ2v) is 4.96. The highest BCUT2D eigenvalue weighted by Gasteiger charge is 2.19. The number of halogens is 1. The molecule has 0 atom stereocenters. The molecule has 0 fully saturated rings. The molecule has 0 spiro atoms. The molecule has 3 N–H and O–H groups in total. The molecule has 0 saturated heterocycles. The summed E-state index contributed by atoms with van der Waals surface area (Å²) in [5.41, 5.74) is 8.25. The Labute approximate surface area is 143 Å². The minimum Gasteiger partial charge on any atom is -0.370 e. The number of nitrogens with two attached hydrogens (primary N) is 1. The van der Waals surface area contributed by atoms with Crippen molar-refractivity contribution >= 4 is 35.8 Å². The van der Waals surface area contributed by atoms with Crippen molar-refractivity contribution in [2.45, 2.75) is 26.3 Å². The molecule has 1 amide bonds. The zero-order chi connectivity index (χ0) is 14.4. The van der Waals surface area contributed by atoms with Crippen LogP contribution < -0.4 is 11.1 Å². The summed E-state index contributed by atoms with van der Waals surface area (Å²) in [6.07, 6.45) is 1.89. The first-order valence-electron chi connectivity index (χ1n) is 7.09. The minimum atomic E-state index is 0. The van der Waals surface area contributed by atoms with Crippen molar-refractivity contribution < 1.29 is 4.79 Å². The van der Waals surface area contributed by atoms with Crippen LogP contribution in [0.5, 0.6) is 0 Å². The molecule has 0 aliphatic carbocycles. The van der Waals surface area contributed by atoms with Crippen molar-refractivity contribution in [1.82, 2.24) is 10.2 Å². The number of amides is 1. The van der Waals surface area contributed by atoms with Crippen LogP contribution in [0.25, 0.3) is 0 Å². The monoisotopic (exact) mass is 402 g/mol. The van der Waals surface area contributed by atoms with Crippen molar-refractivity contribution in [3.63, 3.8) is 0 Å². The van der Waals surface area contributed by atoms with Gasteiger partial charge >= 0.3 is 0 Å². The van der Waals surface area contributed by atoms with Gasteiger partial charge in [0.25, 0.3) is 0 Å². The van der Waals surface area contributed by atoms with Crippen LogP contribution in [0.15, 0.2) is 29.3 Å². The summed E-state index contributed by atoms with van der Waals surface area (Å²) < 4.78 is 0. The second kappa shape index (κ2) is 8.86.